The van der Waals surface area contributed by atoms with Crippen molar-refractivity contribution in [1.82, 2.24) is 9.78 Å². The highest BCUT2D eigenvalue weighted by atomic mass is 16.5. The van der Waals surface area contributed by atoms with E-state index < -0.39 is 0 Å². The summed E-state index contributed by atoms with van der Waals surface area (Å²) in [7, 11) is 1.60. The Kier molecular flexibility index (Phi) is 2.89. The van der Waals surface area contributed by atoms with Crippen molar-refractivity contribution in [1.29, 1.82) is 0 Å². The quantitative estimate of drug-likeness (QED) is 0.793. The Morgan fingerprint density at radius 1 is 1.47 bits per heavy atom. The predicted molar refractivity (Wildman–Crippen MR) is 70.5 cm³/mol. The number of methoxy groups -OCH3 is 1. The smallest absolute Gasteiger partial charge is 0.338 e. The molecule has 3 rings (SSSR count). The van der Waals surface area contributed by atoms with E-state index in [9.17, 15) is 4.79 Å². The van der Waals surface area contributed by atoms with Crippen molar-refractivity contribution >= 4 is 16.9 Å². The van der Waals surface area contributed by atoms with Crippen LogP contribution < -0.4 is 4.74 Å². The van der Waals surface area contributed by atoms with Gasteiger partial charge < -0.3 is 9.47 Å². The minimum atomic E-state index is -0.344. The molecule has 19 heavy (non-hydrogen) atoms. The number of esters is 1. The van der Waals surface area contributed by atoms with Gasteiger partial charge in [-0.05, 0) is 31.9 Å². The summed E-state index contributed by atoms with van der Waals surface area (Å²) in [6.45, 7) is 2.14. The molecule has 1 saturated carbocycles. The van der Waals surface area contributed by atoms with Gasteiger partial charge in [0, 0.05) is 6.20 Å². The SMILES string of the molecule is CCOC(=O)c1cc(OC)c2cn(C3CC3)nc2c1. The zero-order chi connectivity index (χ0) is 13.4. The second kappa shape index (κ2) is 4.57. The lowest BCUT2D eigenvalue weighted by molar-refractivity contribution is 0.0526. The first-order valence-electron chi connectivity index (χ1n) is 6.47. The second-order valence-electron chi connectivity index (χ2n) is 4.67. The molecule has 0 atom stereocenters. The molecule has 1 aliphatic carbocycles. The first-order chi connectivity index (χ1) is 9.22. The van der Waals surface area contributed by atoms with Crippen LogP contribution in [0.3, 0.4) is 0 Å². The highest BCUT2D eigenvalue weighted by molar-refractivity contribution is 5.97. The van der Waals surface area contributed by atoms with Crippen molar-refractivity contribution in [2.75, 3.05) is 13.7 Å². The van der Waals surface area contributed by atoms with Gasteiger partial charge in [0.25, 0.3) is 0 Å². The van der Waals surface area contributed by atoms with Crippen LogP contribution >= 0.6 is 0 Å². The van der Waals surface area contributed by atoms with E-state index in [4.69, 9.17) is 9.47 Å². The molecule has 5 heteroatoms. The number of hydrogen-bond donors (Lipinski definition) is 0. The Morgan fingerprint density at radius 2 is 2.26 bits per heavy atom. The van der Waals surface area contributed by atoms with Crippen LogP contribution in [0.4, 0.5) is 0 Å². The summed E-state index contributed by atoms with van der Waals surface area (Å²) in [6, 6.07) is 3.97. The Labute approximate surface area is 111 Å². The van der Waals surface area contributed by atoms with E-state index in [1.807, 2.05) is 10.9 Å². The van der Waals surface area contributed by atoms with E-state index in [1.165, 1.54) is 12.8 Å². The first kappa shape index (κ1) is 12.0. The maximum atomic E-state index is 11.8. The van der Waals surface area contributed by atoms with Gasteiger partial charge in [-0.2, -0.15) is 5.10 Å². The molecule has 2 aromatic rings. The van der Waals surface area contributed by atoms with Crippen LogP contribution in [-0.4, -0.2) is 29.5 Å². The van der Waals surface area contributed by atoms with Crippen molar-refractivity contribution in [2.45, 2.75) is 25.8 Å². The first-order valence-corrected chi connectivity index (χ1v) is 6.47. The van der Waals surface area contributed by atoms with Crippen molar-refractivity contribution in [3.05, 3.63) is 23.9 Å². The summed E-state index contributed by atoms with van der Waals surface area (Å²) in [5.74, 6) is 0.316. The molecule has 0 radical (unpaired) electrons. The Hall–Kier alpha value is -2.04. The van der Waals surface area contributed by atoms with Gasteiger partial charge in [-0.1, -0.05) is 0 Å². The second-order valence-corrected chi connectivity index (χ2v) is 4.67. The van der Waals surface area contributed by atoms with E-state index in [0.717, 1.165) is 10.9 Å². The number of rotatable bonds is 4. The van der Waals surface area contributed by atoms with Crippen LogP contribution in [0.2, 0.25) is 0 Å². The van der Waals surface area contributed by atoms with Crippen LogP contribution in [0.1, 0.15) is 36.2 Å². The normalized spacial score (nSPS) is 14.6. The summed E-state index contributed by atoms with van der Waals surface area (Å²) in [5.41, 5.74) is 1.25. The Bertz CT molecular complexity index is 629. The van der Waals surface area contributed by atoms with E-state index in [1.54, 1.807) is 26.2 Å². The van der Waals surface area contributed by atoms with E-state index >= 15 is 0 Å². The summed E-state index contributed by atoms with van der Waals surface area (Å²) < 4.78 is 12.3. The number of carbonyl (C=O) groups excluding carboxylic acids is 1. The van der Waals surface area contributed by atoms with Crippen LogP contribution in [-0.2, 0) is 4.74 Å². The monoisotopic (exact) mass is 260 g/mol. The van der Waals surface area contributed by atoms with Gasteiger partial charge in [0.15, 0.2) is 0 Å². The minimum Gasteiger partial charge on any atom is -0.496 e. The molecule has 1 heterocycles. The van der Waals surface area contributed by atoms with Crippen molar-refractivity contribution in [3.63, 3.8) is 0 Å². The fourth-order valence-corrected chi connectivity index (χ4v) is 2.14. The van der Waals surface area contributed by atoms with Gasteiger partial charge in [0.2, 0.25) is 0 Å². The molecule has 0 unspecified atom stereocenters. The molecule has 1 aromatic heterocycles. The van der Waals surface area contributed by atoms with Crippen LogP contribution in [0.25, 0.3) is 10.9 Å². The largest absolute Gasteiger partial charge is 0.496 e. The van der Waals surface area contributed by atoms with Gasteiger partial charge in [0.05, 0.1) is 36.2 Å². The summed E-state index contributed by atoms with van der Waals surface area (Å²) >= 11 is 0. The van der Waals surface area contributed by atoms with Crippen molar-refractivity contribution in [2.24, 2.45) is 0 Å². The third-order valence-electron chi connectivity index (χ3n) is 3.26. The molecule has 5 nitrogen and oxygen atoms in total. The molecular weight excluding hydrogens is 244 g/mol. The fraction of sp³-hybridized carbons (Fsp3) is 0.429. The lowest BCUT2D eigenvalue weighted by Gasteiger charge is -2.05. The fourth-order valence-electron chi connectivity index (χ4n) is 2.14. The molecule has 0 bridgehead atoms. The van der Waals surface area contributed by atoms with Gasteiger partial charge in [-0.15, -0.1) is 0 Å². The van der Waals surface area contributed by atoms with E-state index in [2.05, 4.69) is 5.10 Å². The molecule has 0 spiro atoms. The topological polar surface area (TPSA) is 53.4 Å². The van der Waals surface area contributed by atoms with Gasteiger partial charge >= 0.3 is 5.97 Å². The predicted octanol–water partition coefficient (Wildman–Crippen LogP) is 2.56. The molecule has 100 valence electrons. The van der Waals surface area contributed by atoms with Crippen LogP contribution in [0, 0.1) is 0 Å². The molecule has 0 saturated heterocycles. The maximum Gasteiger partial charge on any atom is 0.338 e. The third kappa shape index (κ3) is 2.16. The lowest BCUT2D eigenvalue weighted by atomic mass is 10.1. The number of hydrogen-bond acceptors (Lipinski definition) is 4. The zero-order valence-electron chi connectivity index (χ0n) is 11.0. The minimum absolute atomic E-state index is 0.344. The number of nitrogens with zero attached hydrogens (tertiary/aromatic N) is 2. The standard InChI is InChI=1S/C14H16N2O3/c1-3-19-14(17)9-6-12-11(13(7-9)18-2)8-16(15-12)10-4-5-10/h6-8,10H,3-5H2,1-2H3. The number of ether oxygens (including phenoxy) is 2. The van der Waals surface area contributed by atoms with E-state index in [0.29, 0.717) is 24.0 Å². The Balaban J connectivity index is 2.08. The number of fused-ring (bicyclic) bond motifs is 1. The maximum absolute atomic E-state index is 11.8. The van der Waals surface area contributed by atoms with Gasteiger partial charge in [0.1, 0.15) is 5.75 Å². The number of aromatic nitrogens is 2. The zero-order valence-corrected chi connectivity index (χ0v) is 11.0. The molecule has 1 aromatic carbocycles. The Morgan fingerprint density at radius 3 is 2.89 bits per heavy atom. The van der Waals surface area contributed by atoms with Crippen LogP contribution in [0.5, 0.6) is 5.75 Å². The molecule has 0 aliphatic heterocycles. The average molecular weight is 260 g/mol. The highest BCUT2D eigenvalue weighted by Gasteiger charge is 2.25. The number of benzene rings is 1. The summed E-state index contributed by atoms with van der Waals surface area (Å²) in [4.78, 5) is 11.8. The summed E-state index contributed by atoms with van der Waals surface area (Å²) in [6.07, 6.45) is 4.32. The molecule has 1 aliphatic rings. The van der Waals surface area contributed by atoms with Crippen LogP contribution in [0.15, 0.2) is 18.3 Å². The molecular formula is C14H16N2O3. The molecule has 0 amide bonds. The van der Waals surface area contributed by atoms with Gasteiger partial charge in [-0.3, -0.25) is 4.68 Å². The molecule has 1 fully saturated rings. The van der Waals surface area contributed by atoms with Gasteiger partial charge in [-0.25, -0.2) is 4.79 Å². The molecule has 0 N–H and O–H groups in total. The van der Waals surface area contributed by atoms with E-state index in [-0.39, 0.29) is 5.97 Å². The third-order valence-corrected chi connectivity index (χ3v) is 3.26. The number of carbonyl (C=O) groups is 1. The lowest BCUT2D eigenvalue weighted by Crippen LogP contribution is -2.04. The van der Waals surface area contributed by atoms with Crippen molar-refractivity contribution in [3.8, 4) is 5.75 Å². The van der Waals surface area contributed by atoms with Crippen molar-refractivity contribution < 1.29 is 14.3 Å². The highest BCUT2D eigenvalue weighted by Crippen LogP contribution is 2.37. The summed E-state index contributed by atoms with van der Waals surface area (Å²) in [5, 5.41) is 5.45. The average Bonchev–Trinajstić information content (AvgIpc) is 3.17.